The lowest BCUT2D eigenvalue weighted by Crippen LogP contribution is -2.54. The number of hydrogen-bond donors (Lipinski definition) is 0. The molecule has 0 unspecified atom stereocenters. The second kappa shape index (κ2) is 8.99. The Bertz CT molecular complexity index is 1270. The van der Waals surface area contributed by atoms with Crippen LogP contribution in [0.25, 0.3) is 0 Å². The SMILES string of the molecule is CCOC(=O)C1=NN(c2ccc(C)cc2)[C@@]2(S1)c1ccccc1C(CC)=NN2c1ccccc1. The molecule has 0 fully saturated rings. The maximum absolute atomic E-state index is 12.9. The number of carbonyl (C=O) groups is 1. The van der Waals surface area contributed by atoms with Gasteiger partial charge in [0.2, 0.25) is 10.0 Å². The molecule has 2 aliphatic heterocycles. The summed E-state index contributed by atoms with van der Waals surface area (Å²) in [5.41, 5.74) is 5.99. The molecule has 2 heterocycles. The molecule has 0 aliphatic carbocycles. The number of carbonyl (C=O) groups excluding carboxylic acids is 1. The number of aryl methyl sites for hydroxylation is 1. The van der Waals surface area contributed by atoms with Crippen molar-refractivity contribution in [3.8, 4) is 0 Å². The first kappa shape index (κ1) is 22.2. The van der Waals surface area contributed by atoms with E-state index in [9.17, 15) is 4.79 Å². The monoisotopic (exact) mass is 470 g/mol. The van der Waals surface area contributed by atoms with E-state index in [2.05, 4.69) is 26.0 Å². The first-order valence-electron chi connectivity index (χ1n) is 11.4. The molecule has 3 aromatic rings. The first-order valence-corrected chi connectivity index (χ1v) is 12.2. The Morgan fingerprint density at radius 1 is 0.882 bits per heavy atom. The highest BCUT2D eigenvalue weighted by atomic mass is 32.2. The number of fused-ring (bicyclic) bond motifs is 2. The van der Waals surface area contributed by atoms with Crippen LogP contribution >= 0.6 is 11.8 Å². The summed E-state index contributed by atoms with van der Waals surface area (Å²) < 4.78 is 5.36. The topological polar surface area (TPSA) is 57.5 Å². The predicted octanol–water partition coefficient (Wildman–Crippen LogP) is 5.87. The molecule has 7 heteroatoms. The molecule has 3 aromatic carbocycles. The van der Waals surface area contributed by atoms with Crippen molar-refractivity contribution in [3.05, 3.63) is 95.6 Å². The van der Waals surface area contributed by atoms with Gasteiger partial charge in [0.05, 0.1) is 23.7 Å². The lowest BCUT2D eigenvalue weighted by molar-refractivity contribution is -0.134. The van der Waals surface area contributed by atoms with Gasteiger partial charge in [-0.25, -0.2) is 14.8 Å². The lowest BCUT2D eigenvalue weighted by atomic mass is 9.96. The largest absolute Gasteiger partial charge is 0.461 e. The van der Waals surface area contributed by atoms with Gasteiger partial charge in [-0.3, -0.25) is 0 Å². The molecule has 1 spiro atoms. The van der Waals surface area contributed by atoms with Crippen LogP contribution in [-0.4, -0.2) is 23.3 Å². The molecular formula is C27H26N4O2S. The summed E-state index contributed by atoms with van der Waals surface area (Å²) in [7, 11) is 0. The molecule has 1 atom stereocenters. The van der Waals surface area contributed by atoms with Gasteiger partial charge in [0.1, 0.15) is 0 Å². The minimum Gasteiger partial charge on any atom is -0.461 e. The Hall–Kier alpha value is -3.58. The van der Waals surface area contributed by atoms with Gasteiger partial charge in [-0.15, -0.1) is 0 Å². The Morgan fingerprint density at radius 2 is 1.53 bits per heavy atom. The van der Waals surface area contributed by atoms with Crippen molar-refractivity contribution >= 4 is 39.9 Å². The third-order valence-corrected chi connectivity index (χ3v) is 7.17. The summed E-state index contributed by atoms with van der Waals surface area (Å²) in [5, 5.41) is 14.2. The smallest absolute Gasteiger partial charge is 0.365 e. The molecule has 0 N–H and O–H groups in total. The van der Waals surface area contributed by atoms with E-state index in [1.54, 1.807) is 6.92 Å². The van der Waals surface area contributed by atoms with Crippen LogP contribution in [0.4, 0.5) is 11.4 Å². The van der Waals surface area contributed by atoms with Crippen molar-refractivity contribution in [2.75, 3.05) is 16.6 Å². The number of para-hydroxylation sites is 1. The fourth-order valence-corrected chi connectivity index (χ4v) is 5.58. The molecule has 6 nitrogen and oxygen atoms in total. The molecule has 0 radical (unpaired) electrons. The van der Waals surface area contributed by atoms with Gasteiger partial charge >= 0.3 is 5.97 Å². The maximum atomic E-state index is 12.9. The van der Waals surface area contributed by atoms with E-state index < -0.39 is 11.0 Å². The quantitative estimate of drug-likeness (QED) is 0.437. The fourth-order valence-electron chi connectivity index (χ4n) is 4.29. The summed E-state index contributed by atoms with van der Waals surface area (Å²) in [6, 6.07) is 26.4. The number of nitrogens with zero attached hydrogens (tertiary/aromatic N) is 4. The molecule has 0 saturated carbocycles. The van der Waals surface area contributed by atoms with Crippen molar-refractivity contribution in [2.45, 2.75) is 32.2 Å². The number of ether oxygens (including phenoxy) is 1. The zero-order chi connectivity index (χ0) is 23.7. The third kappa shape index (κ3) is 3.56. The van der Waals surface area contributed by atoms with E-state index >= 15 is 0 Å². The van der Waals surface area contributed by atoms with Crippen LogP contribution in [0.1, 0.15) is 37.0 Å². The zero-order valence-electron chi connectivity index (χ0n) is 19.4. The number of anilines is 2. The minimum absolute atomic E-state index is 0.285. The lowest BCUT2D eigenvalue weighted by Gasteiger charge is -2.47. The number of hydrazone groups is 2. The van der Waals surface area contributed by atoms with E-state index in [0.29, 0.717) is 5.04 Å². The Morgan fingerprint density at radius 3 is 2.24 bits per heavy atom. The fraction of sp³-hybridized carbons (Fsp3) is 0.222. The maximum Gasteiger partial charge on any atom is 0.365 e. The van der Waals surface area contributed by atoms with E-state index in [0.717, 1.165) is 40.2 Å². The van der Waals surface area contributed by atoms with Crippen molar-refractivity contribution < 1.29 is 9.53 Å². The highest BCUT2D eigenvalue weighted by Gasteiger charge is 2.56. The molecule has 0 saturated heterocycles. The van der Waals surface area contributed by atoms with Gasteiger partial charge in [-0.1, -0.05) is 67.1 Å². The number of thioether (sulfide) groups is 1. The van der Waals surface area contributed by atoms with Crippen LogP contribution < -0.4 is 10.0 Å². The molecule has 0 bridgehead atoms. The average Bonchev–Trinajstić information content (AvgIpc) is 3.27. The van der Waals surface area contributed by atoms with Gasteiger partial charge in [0.25, 0.3) is 0 Å². The van der Waals surface area contributed by atoms with Crippen LogP contribution in [0, 0.1) is 6.92 Å². The van der Waals surface area contributed by atoms with Crippen LogP contribution in [0.2, 0.25) is 0 Å². The standard InChI is InChI=1S/C27H26N4O2S/c1-4-24-22-13-9-10-14-23(22)27(30(28-24)20-11-7-6-8-12-20)31(21-17-15-19(3)16-18-21)29-25(34-27)26(32)33-5-2/h6-18H,4-5H2,1-3H3/t27-/m1/s1. The first-order chi connectivity index (χ1) is 16.6. The van der Waals surface area contributed by atoms with Gasteiger partial charge in [0, 0.05) is 11.1 Å². The minimum atomic E-state index is -0.937. The van der Waals surface area contributed by atoms with Crippen LogP contribution in [0.3, 0.4) is 0 Å². The van der Waals surface area contributed by atoms with Crippen molar-refractivity contribution in [1.82, 2.24) is 0 Å². The summed E-state index contributed by atoms with van der Waals surface area (Å²) >= 11 is 1.37. The second-order valence-electron chi connectivity index (χ2n) is 8.08. The summed E-state index contributed by atoms with van der Waals surface area (Å²) in [6.07, 6.45) is 0.775. The average molecular weight is 471 g/mol. The molecule has 34 heavy (non-hydrogen) atoms. The predicted molar refractivity (Wildman–Crippen MR) is 139 cm³/mol. The van der Waals surface area contributed by atoms with Gasteiger partial charge < -0.3 is 4.74 Å². The van der Waals surface area contributed by atoms with Gasteiger partial charge in [0.15, 0.2) is 0 Å². The molecule has 0 amide bonds. The number of rotatable bonds is 5. The molecule has 2 aliphatic rings. The Balaban J connectivity index is 1.79. The zero-order valence-corrected chi connectivity index (χ0v) is 20.2. The van der Waals surface area contributed by atoms with E-state index in [1.165, 1.54) is 11.8 Å². The highest BCUT2D eigenvalue weighted by molar-refractivity contribution is 8.16. The van der Waals surface area contributed by atoms with Gasteiger partial charge in [-0.2, -0.15) is 10.2 Å². The summed E-state index contributed by atoms with van der Waals surface area (Å²) in [4.78, 5) is 12.0. The van der Waals surface area contributed by atoms with Crippen molar-refractivity contribution in [1.29, 1.82) is 0 Å². The van der Waals surface area contributed by atoms with E-state index in [-0.39, 0.29) is 6.61 Å². The van der Waals surface area contributed by atoms with Gasteiger partial charge in [-0.05, 0) is 56.3 Å². The van der Waals surface area contributed by atoms with E-state index in [4.69, 9.17) is 14.9 Å². The molecular weight excluding hydrogens is 444 g/mol. The van der Waals surface area contributed by atoms with Crippen LogP contribution in [0.5, 0.6) is 0 Å². The van der Waals surface area contributed by atoms with Crippen molar-refractivity contribution in [3.63, 3.8) is 0 Å². The number of hydrogen-bond acceptors (Lipinski definition) is 7. The second-order valence-corrected chi connectivity index (χ2v) is 9.24. The Labute approximate surface area is 203 Å². The van der Waals surface area contributed by atoms with Crippen molar-refractivity contribution in [2.24, 2.45) is 10.2 Å². The molecule has 172 valence electrons. The summed E-state index contributed by atoms with van der Waals surface area (Å²) in [5.74, 6) is -0.433. The van der Waals surface area contributed by atoms with Crippen LogP contribution in [0.15, 0.2) is 89.1 Å². The highest BCUT2D eigenvalue weighted by Crippen LogP contribution is 2.54. The number of benzene rings is 3. The number of esters is 1. The van der Waals surface area contributed by atoms with Crippen LogP contribution in [-0.2, 0) is 14.5 Å². The third-order valence-electron chi connectivity index (χ3n) is 5.88. The molecule has 0 aromatic heterocycles. The molecule has 5 rings (SSSR count). The van der Waals surface area contributed by atoms with E-state index in [1.807, 2.05) is 76.7 Å². The Kier molecular flexibility index (Phi) is 5.87. The normalized spacial score (nSPS) is 19.0. The summed E-state index contributed by atoms with van der Waals surface area (Å²) in [6.45, 7) is 6.25.